The molecule has 0 spiro atoms. The number of likely N-dealkylation sites (N-methyl/N-ethyl adjacent to an activating group) is 1. The van der Waals surface area contributed by atoms with E-state index in [9.17, 15) is 24.3 Å². The van der Waals surface area contributed by atoms with E-state index in [1.165, 1.54) is 11.1 Å². The maximum absolute atomic E-state index is 10.3. The van der Waals surface area contributed by atoms with Gasteiger partial charge >= 0.3 is 23.9 Å². The number of aliphatic hydroxyl groups excluding tert-OH is 1. The van der Waals surface area contributed by atoms with Crippen LogP contribution >= 0.6 is 0 Å². The zero-order valence-corrected chi connectivity index (χ0v) is 20.8. The van der Waals surface area contributed by atoms with E-state index >= 15 is 0 Å². The molecular formula is C27H32N2O9. The minimum atomic E-state index is -1.26. The van der Waals surface area contributed by atoms with Gasteiger partial charge in [-0.3, -0.25) is 10.2 Å². The Balaban J connectivity index is 0.000000374. The van der Waals surface area contributed by atoms with Crippen molar-refractivity contribution >= 4 is 23.9 Å². The Hall–Kier alpha value is -4.32. The fraction of sp³-hybridized carbons (Fsp3) is 0.259. The van der Waals surface area contributed by atoms with Crippen LogP contribution in [-0.2, 0) is 19.2 Å². The third-order valence-corrected chi connectivity index (χ3v) is 5.20. The lowest BCUT2D eigenvalue weighted by Gasteiger charge is -2.25. The van der Waals surface area contributed by atoms with Crippen LogP contribution in [0.25, 0.3) is 0 Å². The van der Waals surface area contributed by atoms with Crippen LogP contribution in [0.2, 0.25) is 0 Å². The summed E-state index contributed by atoms with van der Waals surface area (Å²) in [5.74, 6) is -5.03. The smallest absolute Gasteiger partial charge is 0.328 e. The maximum Gasteiger partial charge on any atom is 0.328 e. The first-order valence-electron chi connectivity index (χ1n) is 11.6. The highest BCUT2D eigenvalue weighted by Gasteiger charge is 2.32. The SMILES string of the molecule is CCN1C[C@@H](O)[C@H](NC(c2ccccc2)c2ccccc2)C1.O=C(O)/C=C\C(=O)O.O=C(O)/C=C\C(=O)O. The molecule has 0 amide bonds. The number of benzene rings is 2. The van der Waals surface area contributed by atoms with Gasteiger partial charge in [0.05, 0.1) is 12.1 Å². The van der Waals surface area contributed by atoms with Crippen molar-refractivity contribution in [1.82, 2.24) is 10.2 Å². The molecule has 6 N–H and O–H groups in total. The number of nitrogens with one attached hydrogen (secondary N) is 1. The van der Waals surface area contributed by atoms with Crippen LogP contribution in [-0.4, -0.2) is 86.1 Å². The summed E-state index contributed by atoms with van der Waals surface area (Å²) in [6.07, 6.45) is 1.92. The molecule has 1 fully saturated rings. The number of carbonyl (C=O) groups is 4. The molecule has 11 heteroatoms. The van der Waals surface area contributed by atoms with Gasteiger partial charge in [0.2, 0.25) is 0 Å². The summed E-state index contributed by atoms with van der Waals surface area (Å²) in [4.78, 5) is 40.5. The second-order valence-corrected chi connectivity index (χ2v) is 7.97. The quantitative estimate of drug-likeness (QED) is 0.261. The summed E-state index contributed by atoms with van der Waals surface area (Å²) in [5, 5.41) is 45.2. The third kappa shape index (κ3) is 13.1. The molecule has 38 heavy (non-hydrogen) atoms. The molecule has 0 bridgehead atoms. The standard InChI is InChI=1S/C19H24N2O.2C4H4O4/c1-2-21-13-17(18(22)14-21)20-19(15-9-5-3-6-10-15)16-11-7-4-8-12-16;2*5-3(6)1-2-4(7)8/h3-12,17-20,22H,2,13-14H2,1H3;2*1-2H,(H,5,6)(H,7,8)/b;2*2-1-/t17-,18-;;/m1../s1. The first-order valence-corrected chi connectivity index (χ1v) is 11.6. The van der Waals surface area contributed by atoms with Crippen LogP contribution in [0.15, 0.2) is 85.0 Å². The summed E-state index contributed by atoms with van der Waals surface area (Å²) in [5.41, 5.74) is 2.46. The van der Waals surface area contributed by atoms with E-state index in [-0.39, 0.29) is 18.2 Å². The van der Waals surface area contributed by atoms with Gasteiger partial charge in [0.25, 0.3) is 0 Å². The number of hydrogen-bond donors (Lipinski definition) is 6. The van der Waals surface area contributed by atoms with Crippen LogP contribution in [0.5, 0.6) is 0 Å². The number of carboxylic acid groups (broad SMARTS) is 4. The largest absolute Gasteiger partial charge is 0.478 e. The van der Waals surface area contributed by atoms with Gasteiger partial charge in [-0.15, -0.1) is 0 Å². The van der Waals surface area contributed by atoms with Crippen LogP contribution in [0, 0.1) is 0 Å². The predicted molar refractivity (Wildman–Crippen MR) is 139 cm³/mol. The van der Waals surface area contributed by atoms with Crippen LogP contribution in [0.4, 0.5) is 0 Å². The molecule has 3 rings (SSSR count). The number of carboxylic acids is 4. The molecule has 0 aromatic heterocycles. The monoisotopic (exact) mass is 528 g/mol. The van der Waals surface area contributed by atoms with E-state index in [2.05, 4.69) is 65.7 Å². The summed E-state index contributed by atoms with van der Waals surface area (Å²) >= 11 is 0. The first kappa shape index (κ1) is 31.7. The lowest BCUT2D eigenvalue weighted by Crippen LogP contribution is -2.41. The maximum atomic E-state index is 10.3. The Morgan fingerprint density at radius 2 is 1.13 bits per heavy atom. The highest BCUT2D eigenvalue weighted by molar-refractivity contribution is 5.90. The van der Waals surface area contributed by atoms with Crippen molar-refractivity contribution in [2.75, 3.05) is 19.6 Å². The number of hydrogen-bond acceptors (Lipinski definition) is 7. The molecule has 2 aromatic rings. The average Bonchev–Trinajstić information content (AvgIpc) is 3.26. The van der Waals surface area contributed by atoms with E-state index < -0.39 is 23.9 Å². The fourth-order valence-corrected chi connectivity index (χ4v) is 3.46. The average molecular weight is 529 g/mol. The zero-order chi connectivity index (χ0) is 28.5. The number of β-amino-alcohol motifs (C(OH)–C–C–N with tert-alkyl or cyclic N) is 1. The van der Waals surface area contributed by atoms with Gasteiger partial charge in [0.15, 0.2) is 0 Å². The van der Waals surface area contributed by atoms with Crippen molar-refractivity contribution in [3.05, 3.63) is 96.1 Å². The molecule has 1 saturated heterocycles. The Kier molecular flexibility index (Phi) is 14.3. The minimum absolute atomic E-state index is 0.102. The van der Waals surface area contributed by atoms with Crippen molar-refractivity contribution in [1.29, 1.82) is 0 Å². The van der Waals surface area contributed by atoms with Crippen molar-refractivity contribution in [2.24, 2.45) is 0 Å². The number of aliphatic hydroxyl groups is 1. The molecule has 1 heterocycles. The number of aliphatic carboxylic acids is 4. The number of rotatable bonds is 9. The fourth-order valence-electron chi connectivity index (χ4n) is 3.46. The first-order chi connectivity index (χ1) is 18.0. The van der Waals surface area contributed by atoms with E-state index in [1.807, 2.05) is 12.1 Å². The molecule has 0 radical (unpaired) electrons. The Morgan fingerprint density at radius 1 is 0.763 bits per heavy atom. The van der Waals surface area contributed by atoms with E-state index in [0.29, 0.717) is 24.3 Å². The van der Waals surface area contributed by atoms with Gasteiger partial charge < -0.3 is 25.5 Å². The lowest BCUT2D eigenvalue weighted by molar-refractivity contribution is -0.134. The Morgan fingerprint density at radius 3 is 1.42 bits per heavy atom. The Labute approximate surface area is 220 Å². The van der Waals surface area contributed by atoms with Crippen molar-refractivity contribution < 1.29 is 44.7 Å². The lowest BCUT2D eigenvalue weighted by atomic mass is 9.97. The number of nitrogens with zero attached hydrogens (tertiary/aromatic N) is 1. The molecular weight excluding hydrogens is 496 g/mol. The topological polar surface area (TPSA) is 185 Å². The summed E-state index contributed by atoms with van der Waals surface area (Å²) in [6, 6.07) is 21.1. The molecule has 0 aliphatic carbocycles. The van der Waals surface area contributed by atoms with Crippen LogP contribution in [0.1, 0.15) is 24.1 Å². The highest BCUT2D eigenvalue weighted by Crippen LogP contribution is 2.24. The van der Waals surface area contributed by atoms with Gasteiger partial charge in [-0.25, -0.2) is 19.2 Å². The van der Waals surface area contributed by atoms with Crippen molar-refractivity contribution in [2.45, 2.75) is 25.1 Å². The molecule has 1 aliphatic rings. The van der Waals surface area contributed by atoms with E-state index in [4.69, 9.17) is 20.4 Å². The third-order valence-electron chi connectivity index (χ3n) is 5.20. The van der Waals surface area contributed by atoms with Crippen molar-refractivity contribution in [3.63, 3.8) is 0 Å². The van der Waals surface area contributed by atoms with E-state index in [1.54, 1.807) is 0 Å². The molecule has 0 saturated carbocycles. The molecule has 2 atom stereocenters. The van der Waals surface area contributed by atoms with Crippen LogP contribution in [0.3, 0.4) is 0 Å². The second kappa shape index (κ2) is 17.2. The van der Waals surface area contributed by atoms with Crippen molar-refractivity contribution in [3.8, 4) is 0 Å². The van der Waals surface area contributed by atoms with E-state index in [0.717, 1.165) is 19.6 Å². The second-order valence-electron chi connectivity index (χ2n) is 7.97. The van der Waals surface area contributed by atoms with Gasteiger partial charge in [-0.05, 0) is 17.7 Å². The van der Waals surface area contributed by atoms with Gasteiger partial charge in [0, 0.05) is 43.4 Å². The minimum Gasteiger partial charge on any atom is -0.478 e. The molecule has 204 valence electrons. The van der Waals surface area contributed by atoms with Gasteiger partial charge in [-0.1, -0.05) is 67.6 Å². The summed E-state index contributed by atoms with van der Waals surface area (Å²) in [6.45, 7) is 4.77. The summed E-state index contributed by atoms with van der Waals surface area (Å²) in [7, 11) is 0. The van der Waals surface area contributed by atoms with Crippen LogP contribution < -0.4 is 5.32 Å². The normalized spacial score (nSPS) is 16.9. The van der Waals surface area contributed by atoms with Gasteiger partial charge in [0.1, 0.15) is 0 Å². The Bertz CT molecular complexity index is 983. The number of likely N-dealkylation sites (tertiary alicyclic amines) is 1. The highest BCUT2D eigenvalue weighted by atomic mass is 16.4. The van der Waals surface area contributed by atoms with Gasteiger partial charge in [-0.2, -0.15) is 0 Å². The molecule has 1 aliphatic heterocycles. The molecule has 11 nitrogen and oxygen atoms in total. The summed E-state index contributed by atoms with van der Waals surface area (Å²) < 4.78 is 0. The molecule has 2 aromatic carbocycles. The molecule has 0 unspecified atom stereocenters. The predicted octanol–water partition coefficient (Wildman–Crippen LogP) is 1.85. The zero-order valence-electron chi connectivity index (χ0n) is 20.8.